The fourth-order valence-electron chi connectivity index (χ4n) is 1.95. The van der Waals surface area contributed by atoms with Gasteiger partial charge in [-0.15, -0.1) is 0 Å². The third-order valence-electron chi connectivity index (χ3n) is 3.23. The molecule has 1 saturated carbocycles. The van der Waals surface area contributed by atoms with E-state index < -0.39 is 0 Å². The number of halogens is 1. The van der Waals surface area contributed by atoms with Gasteiger partial charge >= 0.3 is 0 Å². The first kappa shape index (κ1) is 10.6. The minimum atomic E-state index is -0.103. The van der Waals surface area contributed by atoms with E-state index in [4.69, 9.17) is 0 Å². The van der Waals surface area contributed by atoms with Crippen molar-refractivity contribution in [3.05, 3.63) is 35.6 Å². The van der Waals surface area contributed by atoms with Crippen molar-refractivity contribution in [2.45, 2.75) is 32.2 Å². The summed E-state index contributed by atoms with van der Waals surface area (Å²) in [4.78, 5) is 0. The monoisotopic (exact) mass is 207 g/mol. The van der Waals surface area contributed by atoms with Gasteiger partial charge in [-0.3, -0.25) is 0 Å². The topological polar surface area (TPSA) is 12.0 Å². The second-order valence-electron chi connectivity index (χ2n) is 4.35. The maximum atomic E-state index is 13.2. The lowest BCUT2D eigenvalue weighted by molar-refractivity contribution is 0.292. The van der Waals surface area contributed by atoms with Gasteiger partial charge in [0.15, 0.2) is 0 Å². The third-order valence-corrected chi connectivity index (χ3v) is 3.23. The van der Waals surface area contributed by atoms with Crippen molar-refractivity contribution in [2.24, 2.45) is 5.92 Å². The molecule has 2 rings (SSSR count). The van der Waals surface area contributed by atoms with Gasteiger partial charge in [0.25, 0.3) is 0 Å². The molecule has 1 aliphatic rings. The zero-order valence-corrected chi connectivity index (χ0v) is 9.01. The summed E-state index contributed by atoms with van der Waals surface area (Å²) in [6, 6.07) is 6.97. The predicted molar refractivity (Wildman–Crippen MR) is 60.1 cm³/mol. The molecule has 0 amide bonds. The van der Waals surface area contributed by atoms with Crippen LogP contribution in [0.4, 0.5) is 4.39 Å². The number of hydrogen-bond donors (Lipinski definition) is 1. The summed E-state index contributed by atoms with van der Waals surface area (Å²) >= 11 is 0. The first-order valence-corrected chi connectivity index (χ1v) is 5.80. The van der Waals surface area contributed by atoms with Crippen molar-refractivity contribution < 1.29 is 4.39 Å². The molecule has 0 bridgehead atoms. The number of hydrogen-bond acceptors (Lipinski definition) is 1. The van der Waals surface area contributed by atoms with E-state index in [9.17, 15) is 4.39 Å². The summed E-state index contributed by atoms with van der Waals surface area (Å²) in [5, 5.41) is 3.30. The van der Waals surface area contributed by atoms with Gasteiger partial charge in [0, 0.05) is 12.1 Å². The van der Waals surface area contributed by atoms with Gasteiger partial charge in [-0.05, 0) is 24.9 Å². The van der Waals surface area contributed by atoms with Gasteiger partial charge in [-0.25, -0.2) is 4.39 Å². The summed E-state index contributed by atoms with van der Waals surface area (Å²) < 4.78 is 13.2. The maximum absolute atomic E-state index is 13.2. The Morgan fingerprint density at radius 2 is 2.07 bits per heavy atom. The molecule has 1 nitrogen and oxygen atoms in total. The van der Waals surface area contributed by atoms with Crippen LogP contribution >= 0.6 is 0 Å². The highest BCUT2D eigenvalue weighted by Crippen LogP contribution is 2.28. The van der Waals surface area contributed by atoms with Gasteiger partial charge in [0.05, 0.1) is 0 Å². The Labute approximate surface area is 90.7 Å². The summed E-state index contributed by atoms with van der Waals surface area (Å²) in [6.45, 7) is 1.67. The highest BCUT2D eigenvalue weighted by molar-refractivity contribution is 5.16. The molecule has 1 aromatic rings. The van der Waals surface area contributed by atoms with Crippen LogP contribution in [0.15, 0.2) is 24.3 Å². The predicted octanol–water partition coefficient (Wildman–Crippen LogP) is 3.11. The molecule has 0 radical (unpaired) electrons. The van der Waals surface area contributed by atoms with Crippen molar-refractivity contribution in [3.8, 4) is 0 Å². The summed E-state index contributed by atoms with van der Waals surface area (Å²) in [5.74, 6) is 0.826. The van der Waals surface area contributed by atoms with Crippen LogP contribution < -0.4 is 5.32 Å². The molecule has 0 heterocycles. The first-order chi connectivity index (χ1) is 7.36. The summed E-state index contributed by atoms with van der Waals surface area (Å²) in [7, 11) is 0. The molecule has 0 spiro atoms. The quantitative estimate of drug-likeness (QED) is 0.731. The average molecular weight is 207 g/mol. The SMILES string of the molecule is Fc1ccccc1CNCCC1CCC1. The Morgan fingerprint density at radius 1 is 1.27 bits per heavy atom. The van der Waals surface area contributed by atoms with E-state index >= 15 is 0 Å². The van der Waals surface area contributed by atoms with Gasteiger partial charge in [-0.1, -0.05) is 37.5 Å². The number of rotatable bonds is 5. The summed E-state index contributed by atoms with van der Waals surface area (Å²) in [6.07, 6.45) is 5.43. The molecule has 1 N–H and O–H groups in total. The standard InChI is InChI=1S/C13H18FN/c14-13-7-2-1-6-12(13)10-15-9-8-11-4-3-5-11/h1-2,6-7,11,15H,3-5,8-10H2. The third kappa shape index (κ3) is 3.03. The highest BCUT2D eigenvalue weighted by Gasteiger charge is 2.16. The lowest BCUT2D eigenvalue weighted by Gasteiger charge is -2.25. The molecule has 15 heavy (non-hydrogen) atoms. The number of nitrogens with one attached hydrogen (secondary N) is 1. The van der Waals surface area contributed by atoms with Crippen molar-refractivity contribution in [1.29, 1.82) is 0 Å². The first-order valence-electron chi connectivity index (χ1n) is 5.80. The minimum absolute atomic E-state index is 0.103. The smallest absolute Gasteiger partial charge is 0.127 e. The molecule has 82 valence electrons. The van der Waals surface area contributed by atoms with Crippen LogP contribution in [0.3, 0.4) is 0 Å². The van der Waals surface area contributed by atoms with Gasteiger partial charge in [0.2, 0.25) is 0 Å². The molecular weight excluding hydrogens is 189 g/mol. The van der Waals surface area contributed by atoms with E-state index in [0.29, 0.717) is 6.54 Å². The highest BCUT2D eigenvalue weighted by atomic mass is 19.1. The number of benzene rings is 1. The van der Waals surface area contributed by atoms with Crippen molar-refractivity contribution in [1.82, 2.24) is 5.32 Å². The Bertz CT molecular complexity index is 307. The second kappa shape index (κ2) is 5.26. The van der Waals surface area contributed by atoms with Crippen LogP contribution in [-0.4, -0.2) is 6.54 Å². The molecule has 0 aromatic heterocycles. The largest absolute Gasteiger partial charge is 0.313 e. The molecule has 0 saturated heterocycles. The average Bonchev–Trinajstić information content (AvgIpc) is 2.17. The van der Waals surface area contributed by atoms with Crippen LogP contribution in [0.25, 0.3) is 0 Å². The maximum Gasteiger partial charge on any atom is 0.127 e. The van der Waals surface area contributed by atoms with Gasteiger partial charge in [0.1, 0.15) is 5.82 Å². The lowest BCUT2D eigenvalue weighted by atomic mass is 9.83. The fourth-order valence-corrected chi connectivity index (χ4v) is 1.95. The van der Waals surface area contributed by atoms with E-state index in [2.05, 4.69) is 5.32 Å². The van der Waals surface area contributed by atoms with Crippen LogP contribution in [-0.2, 0) is 6.54 Å². The van der Waals surface area contributed by atoms with Gasteiger partial charge < -0.3 is 5.32 Å². The van der Waals surface area contributed by atoms with Crippen molar-refractivity contribution in [3.63, 3.8) is 0 Å². The lowest BCUT2D eigenvalue weighted by Crippen LogP contribution is -2.21. The van der Waals surface area contributed by atoms with Crippen molar-refractivity contribution >= 4 is 0 Å². The minimum Gasteiger partial charge on any atom is -0.313 e. The molecular formula is C13H18FN. The molecule has 0 aliphatic heterocycles. The zero-order valence-electron chi connectivity index (χ0n) is 9.01. The van der Waals surface area contributed by atoms with Crippen molar-refractivity contribution in [2.75, 3.05) is 6.54 Å². The molecule has 1 fully saturated rings. The molecule has 0 atom stereocenters. The van der Waals surface area contributed by atoms with E-state index in [1.165, 1.54) is 31.7 Å². The van der Waals surface area contributed by atoms with E-state index in [0.717, 1.165) is 18.0 Å². The van der Waals surface area contributed by atoms with Crippen LogP contribution in [0.1, 0.15) is 31.2 Å². The van der Waals surface area contributed by atoms with E-state index in [1.807, 2.05) is 12.1 Å². The molecule has 1 aliphatic carbocycles. The molecule has 1 aromatic carbocycles. The zero-order chi connectivity index (χ0) is 10.5. The Kier molecular flexibility index (Phi) is 3.73. The van der Waals surface area contributed by atoms with E-state index in [1.54, 1.807) is 6.07 Å². The van der Waals surface area contributed by atoms with Gasteiger partial charge in [-0.2, -0.15) is 0 Å². The van der Waals surface area contributed by atoms with Crippen LogP contribution in [0, 0.1) is 11.7 Å². The second-order valence-corrected chi connectivity index (χ2v) is 4.35. The van der Waals surface area contributed by atoms with E-state index in [-0.39, 0.29) is 5.82 Å². The summed E-state index contributed by atoms with van der Waals surface area (Å²) in [5.41, 5.74) is 0.770. The Balaban J connectivity index is 1.66. The normalized spacial score (nSPS) is 16.3. The Hall–Kier alpha value is -0.890. The molecule has 2 heteroatoms. The molecule has 0 unspecified atom stereocenters. The fraction of sp³-hybridized carbons (Fsp3) is 0.538. The Morgan fingerprint density at radius 3 is 2.73 bits per heavy atom. The van der Waals surface area contributed by atoms with Crippen LogP contribution in [0.2, 0.25) is 0 Å². The van der Waals surface area contributed by atoms with Crippen LogP contribution in [0.5, 0.6) is 0 Å².